The van der Waals surface area contributed by atoms with E-state index in [0.29, 0.717) is 30.2 Å². The first-order chi connectivity index (χ1) is 11.5. The Balaban J connectivity index is 1.82. The van der Waals surface area contributed by atoms with Crippen molar-refractivity contribution < 1.29 is 19.1 Å². The number of carbonyl (C=O) groups excluding carboxylic acids is 3. The summed E-state index contributed by atoms with van der Waals surface area (Å²) >= 11 is 0. The van der Waals surface area contributed by atoms with E-state index in [4.69, 9.17) is 4.74 Å². The summed E-state index contributed by atoms with van der Waals surface area (Å²) in [5, 5.41) is 4.62. The number of rotatable bonds is 3. The van der Waals surface area contributed by atoms with E-state index in [0.717, 1.165) is 9.58 Å². The lowest BCUT2D eigenvalue weighted by Crippen LogP contribution is -2.35. The van der Waals surface area contributed by atoms with Crippen molar-refractivity contribution in [1.82, 2.24) is 14.7 Å². The molecule has 8 nitrogen and oxygen atoms in total. The van der Waals surface area contributed by atoms with Crippen LogP contribution in [0.1, 0.15) is 23.3 Å². The van der Waals surface area contributed by atoms with Crippen molar-refractivity contribution in [2.75, 3.05) is 13.2 Å². The van der Waals surface area contributed by atoms with Gasteiger partial charge in [-0.2, -0.15) is 5.10 Å². The molecule has 1 fully saturated rings. The van der Waals surface area contributed by atoms with Crippen molar-refractivity contribution in [2.45, 2.75) is 12.8 Å². The average molecular weight is 329 g/mol. The Hall–Kier alpha value is -3.03. The minimum absolute atomic E-state index is 0.0479. The third-order valence-electron chi connectivity index (χ3n) is 3.85. The van der Waals surface area contributed by atoms with Crippen LogP contribution in [-0.4, -0.2) is 45.6 Å². The van der Waals surface area contributed by atoms with Crippen LogP contribution in [0, 0.1) is 0 Å². The Morgan fingerprint density at radius 2 is 1.92 bits per heavy atom. The van der Waals surface area contributed by atoms with Gasteiger partial charge >= 0.3 is 5.97 Å². The van der Waals surface area contributed by atoms with Gasteiger partial charge in [0.05, 0.1) is 5.39 Å². The molecular formula is C16H15N3O5. The zero-order valence-electron chi connectivity index (χ0n) is 13.0. The highest BCUT2D eigenvalue weighted by molar-refractivity contribution is 6.03. The van der Waals surface area contributed by atoms with Gasteiger partial charge in [-0.05, 0) is 12.5 Å². The van der Waals surface area contributed by atoms with Gasteiger partial charge in [0.25, 0.3) is 11.5 Å². The van der Waals surface area contributed by atoms with Crippen LogP contribution in [0.25, 0.3) is 10.8 Å². The number of aromatic nitrogens is 2. The molecule has 1 aliphatic heterocycles. The minimum atomic E-state index is -0.818. The number of carbonyl (C=O) groups is 3. The molecule has 2 aromatic rings. The highest BCUT2D eigenvalue weighted by atomic mass is 16.5. The lowest BCUT2D eigenvalue weighted by molar-refractivity contribution is -0.143. The van der Waals surface area contributed by atoms with Crippen molar-refractivity contribution >= 4 is 28.6 Å². The van der Waals surface area contributed by atoms with Crippen molar-refractivity contribution in [3.05, 3.63) is 40.3 Å². The number of nitrogens with zero attached hydrogens (tertiary/aromatic N) is 3. The summed E-state index contributed by atoms with van der Waals surface area (Å²) in [7, 11) is 1.43. The molecule has 8 heteroatoms. The number of benzene rings is 1. The number of ether oxygens (including phenoxy) is 1. The summed E-state index contributed by atoms with van der Waals surface area (Å²) in [4.78, 5) is 48.8. The third kappa shape index (κ3) is 2.78. The van der Waals surface area contributed by atoms with Gasteiger partial charge in [-0.3, -0.25) is 19.3 Å². The lowest BCUT2D eigenvalue weighted by Gasteiger charge is -2.13. The second-order valence-corrected chi connectivity index (χ2v) is 5.44. The molecule has 2 amide bonds. The fraction of sp³-hybridized carbons (Fsp3) is 0.312. The molecule has 0 atom stereocenters. The maximum absolute atomic E-state index is 12.3. The minimum Gasteiger partial charge on any atom is -0.451 e. The van der Waals surface area contributed by atoms with E-state index in [2.05, 4.69) is 5.10 Å². The molecule has 0 unspecified atom stereocenters. The summed E-state index contributed by atoms with van der Waals surface area (Å²) in [5.74, 6) is -1.64. The molecule has 0 radical (unpaired) electrons. The number of aryl methyl sites for hydroxylation is 1. The van der Waals surface area contributed by atoms with Crippen LogP contribution in [-0.2, 0) is 21.4 Å². The highest BCUT2D eigenvalue weighted by Gasteiger charge is 2.27. The molecule has 1 aliphatic rings. The number of hydrogen-bond acceptors (Lipinski definition) is 6. The molecule has 3 rings (SSSR count). The van der Waals surface area contributed by atoms with E-state index < -0.39 is 18.5 Å². The Bertz CT molecular complexity index is 902. The van der Waals surface area contributed by atoms with E-state index in [1.165, 1.54) is 7.05 Å². The molecule has 0 saturated carbocycles. The molecular weight excluding hydrogens is 314 g/mol. The first-order valence-electron chi connectivity index (χ1n) is 7.45. The molecule has 124 valence electrons. The zero-order chi connectivity index (χ0) is 17.3. The van der Waals surface area contributed by atoms with Crippen LogP contribution in [0.5, 0.6) is 0 Å². The van der Waals surface area contributed by atoms with Gasteiger partial charge < -0.3 is 4.74 Å². The molecule has 0 bridgehead atoms. The van der Waals surface area contributed by atoms with Gasteiger partial charge in [0, 0.05) is 25.4 Å². The number of likely N-dealkylation sites (tertiary alicyclic amines) is 1. The van der Waals surface area contributed by atoms with Gasteiger partial charge in [-0.25, -0.2) is 9.48 Å². The second kappa shape index (κ2) is 6.23. The number of hydrogen-bond donors (Lipinski definition) is 0. The SMILES string of the molecule is Cn1nc(C(=O)OCC(=O)N2CCCC2=O)c2ccccc2c1=O. The fourth-order valence-corrected chi connectivity index (χ4v) is 2.64. The number of imide groups is 1. The second-order valence-electron chi connectivity index (χ2n) is 5.44. The largest absolute Gasteiger partial charge is 0.451 e. The summed E-state index contributed by atoms with van der Waals surface area (Å²) in [6.07, 6.45) is 0.943. The quantitative estimate of drug-likeness (QED) is 0.748. The molecule has 0 aliphatic carbocycles. The summed E-state index contributed by atoms with van der Waals surface area (Å²) in [6, 6.07) is 6.53. The average Bonchev–Trinajstić information content (AvgIpc) is 3.02. The molecule has 1 aromatic carbocycles. The van der Waals surface area contributed by atoms with Gasteiger partial charge in [-0.15, -0.1) is 0 Å². The molecule has 2 heterocycles. The van der Waals surface area contributed by atoms with E-state index in [1.807, 2.05) is 0 Å². The van der Waals surface area contributed by atoms with E-state index in [1.54, 1.807) is 24.3 Å². The number of fused-ring (bicyclic) bond motifs is 1. The molecule has 1 aromatic heterocycles. The molecule has 1 saturated heterocycles. The van der Waals surface area contributed by atoms with E-state index in [-0.39, 0.29) is 17.2 Å². The predicted molar refractivity (Wildman–Crippen MR) is 83.2 cm³/mol. The van der Waals surface area contributed by atoms with Crippen molar-refractivity contribution in [2.24, 2.45) is 7.05 Å². The molecule has 24 heavy (non-hydrogen) atoms. The van der Waals surface area contributed by atoms with Gasteiger partial charge in [0.1, 0.15) is 0 Å². The maximum Gasteiger partial charge on any atom is 0.359 e. The Morgan fingerprint density at radius 3 is 2.58 bits per heavy atom. The van der Waals surface area contributed by atoms with Crippen molar-refractivity contribution in [1.29, 1.82) is 0 Å². The summed E-state index contributed by atoms with van der Waals surface area (Å²) in [6.45, 7) is -0.195. The maximum atomic E-state index is 12.3. The summed E-state index contributed by atoms with van der Waals surface area (Å²) < 4.78 is 6.04. The third-order valence-corrected chi connectivity index (χ3v) is 3.85. The highest BCUT2D eigenvalue weighted by Crippen LogP contribution is 2.14. The number of amides is 2. The molecule has 0 N–H and O–H groups in total. The van der Waals surface area contributed by atoms with Gasteiger partial charge in [0.2, 0.25) is 5.91 Å². The van der Waals surface area contributed by atoms with Crippen LogP contribution in [0.2, 0.25) is 0 Å². The predicted octanol–water partition coefficient (Wildman–Crippen LogP) is 0.239. The van der Waals surface area contributed by atoms with Gasteiger partial charge in [-0.1, -0.05) is 18.2 Å². The van der Waals surface area contributed by atoms with Crippen LogP contribution in [0.3, 0.4) is 0 Å². The van der Waals surface area contributed by atoms with Crippen LogP contribution in [0.15, 0.2) is 29.1 Å². The van der Waals surface area contributed by atoms with Crippen molar-refractivity contribution in [3.63, 3.8) is 0 Å². The number of esters is 1. The normalized spacial score (nSPS) is 14.2. The van der Waals surface area contributed by atoms with Crippen LogP contribution < -0.4 is 5.56 Å². The Morgan fingerprint density at radius 1 is 1.21 bits per heavy atom. The first kappa shape index (κ1) is 15.9. The van der Waals surface area contributed by atoms with E-state index in [9.17, 15) is 19.2 Å². The van der Waals surface area contributed by atoms with Crippen LogP contribution >= 0.6 is 0 Å². The summed E-state index contributed by atoms with van der Waals surface area (Å²) in [5.41, 5.74) is -0.380. The Kier molecular flexibility index (Phi) is 4.11. The topological polar surface area (TPSA) is 98.6 Å². The van der Waals surface area contributed by atoms with Crippen LogP contribution in [0.4, 0.5) is 0 Å². The molecule has 0 spiro atoms. The first-order valence-corrected chi connectivity index (χ1v) is 7.45. The monoisotopic (exact) mass is 329 g/mol. The van der Waals surface area contributed by atoms with Crippen molar-refractivity contribution in [3.8, 4) is 0 Å². The lowest BCUT2D eigenvalue weighted by atomic mass is 10.1. The zero-order valence-corrected chi connectivity index (χ0v) is 13.0. The standard InChI is InChI=1S/C16H15N3O5/c1-18-15(22)11-6-3-2-5-10(11)14(17-18)16(23)24-9-13(21)19-8-4-7-12(19)20/h2-3,5-6H,4,7-9H2,1H3. The van der Waals surface area contributed by atoms with E-state index >= 15 is 0 Å². The smallest absolute Gasteiger partial charge is 0.359 e. The fourth-order valence-electron chi connectivity index (χ4n) is 2.64. The van der Waals surface area contributed by atoms with Gasteiger partial charge in [0.15, 0.2) is 12.3 Å². The Labute approximate surface area is 136 Å².